The van der Waals surface area contributed by atoms with Crippen molar-refractivity contribution < 1.29 is 14.3 Å². The topological polar surface area (TPSA) is 43.4 Å². The van der Waals surface area contributed by atoms with E-state index in [0.29, 0.717) is 11.1 Å². The smallest absolute Gasteiger partial charge is 0.339 e. The summed E-state index contributed by atoms with van der Waals surface area (Å²) in [4.78, 5) is 22.7. The minimum atomic E-state index is -0.499. The van der Waals surface area contributed by atoms with Gasteiger partial charge in [0.1, 0.15) is 6.61 Å². The number of esters is 1. The first-order valence-corrected chi connectivity index (χ1v) is 4.54. The van der Waals surface area contributed by atoms with Gasteiger partial charge in [0.25, 0.3) is 0 Å². The summed E-state index contributed by atoms with van der Waals surface area (Å²) >= 11 is 0. The van der Waals surface area contributed by atoms with Gasteiger partial charge in [-0.1, -0.05) is 30.9 Å². The van der Waals surface area contributed by atoms with Gasteiger partial charge in [-0.2, -0.15) is 0 Å². The summed E-state index contributed by atoms with van der Waals surface area (Å²) in [5.74, 6) is -0.651. The van der Waals surface area contributed by atoms with Crippen LogP contribution in [0.5, 0.6) is 0 Å². The first kappa shape index (κ1) is 11.2. The fourth-order valence-electron chi connectivity index (χ4n) is 1.18. The van der Waals surface area contributed by atoms with E-state index in [-0.39, 0.29) is 12.4 Å². The first-order chi connectivity index (χ1) is 7.16. The SMILES string of the molecule is C=CCOC(=O)c1ccccc1C(C)=O. The van der Waals surface area contributed by atoms with E-state index in [0.717, 1.165) is 0 Å². The fraction of sp³-hybridized carbons (Fsp3) is 0.167. The van der Waals surface area contributed by atoms with E-state index in [4.69, 9.17) is 4.74 Å². The molecule has 3 nitrogen and oxygen atoms in total. The van der Waals surface area contributed by atoms with Crippen molar-refractivity contribution in [2.75, 3.05) is 6.61 Å². The van der Waals surface area contributed by atoms with E-state index < -0.39 is 5.97 Å². The highest BCUT2D eigenvalue weighted by Crippen LogP contribution is 2.10. The lowest BCUT2D eigenvalue weighted by Crippen LogP contribution is -2.10. The highest BCUT2D eigenvalue weighted by Gasteiger charge is 2.14. The third-order valence-corrected chi connectivity index (χ3v) is 1.86. The van der Waals surface area contributed by atoms with Crippen molar-refractivity contribution in [2.24, 2.45) is 0 Å². The van der Waals surface area contributed by atoms with Gasteiger partial charge in [0.15, 0.2) is 5.78 Å². The first-order valence-electron chi connectivity index (χ1n) is 4.54. The van der Waals surface area contributed by atoms with Crippen molar-refractivity contribution in [1.29, 1.82) is 0 Å². The molecule has 1 aromatic carbocycles. The second-order valence-corrected chi connectivity index (χ2v) is 2.99. The second kappa shape index (κ2) is 5.10. The zero-order valence-corrected chi connectivity index (χ0v) is 8.53. The maximum atomic E-state index is 11.5. The van der Waals surface area contributed by atoms with Crippen LogP contribution in [-0.2, 0) is 4.74 Å². The molecule has 0 saturated heterocycles. The Kier molecular flexibility index (Phi) is 3.80. The molecule has 0 saturated carbocycles. The molecule has 1 rings (SSSR count). The average Bonchev–Trinajstić information content (AvgIpc) is 2.25. The summed E-state index contributed by atoms with van der Waals surface area (Å²) in [7, 11) is 0. The van der Waals surface area contributed by atoms with E-state index in [1.54, 1.807) is 24.3 Å². The van der Waals surface area contributed by atoms with Crippen molar-refractivity contribution in [3.05, 3.63) is 48.0 Å². The van der Waals surface area contributed by atoms with Crippen LogP contribution in [0.25, 0.3) is 0 Å². The average molecular weight is 204 g/mol. The molecular weight excluding hydrogens is 192 g/mol. The monoisotopic (exact) mass is 204 g/mol. The van der Waals surface area contributed by atoms with Crippen LogP contribution in [0, 0.1) is 0 Å². The van der Waals surface area contributed by atoms with Crippen molar-refractivity contribution in [1.82, 2.24) is 0 Å². The predicted molar refractivity (Wildman–Crippen MR) is 56.9 cm³/mol. The van der Waals surface area contributed by atoms with Crippen LogP contribution in [0.1, 0.15) is 27.6 Å². The Labute approximate surface area is 88.4 Å². The number of carbonyl (C=O) groups is 2. The van der Waals surface area contributed by atoms with Crippen LogP contribution in [0.3, 0.4) is 0 Å². The Balaban J connectivity index is 2.97. The van der Waals surface area contributed by atoms with Crippen molar-refractivity contribution >= 4 is 11.8 Å². The molecule has 0 heterocycles. The number of benzene rings is 1. The van der Waals surface area contributed by atoms with Crippen molar-refractivity contribution in [3.8, 4) is 0 Å². The standard InChI is InChI=1S/C12H12O3/c1-3-8-15-12(14)11-7-5-4-6-10(11)9(2)13/h3-7H,1,8H2,2H3. The van der Waals surface area contributed by atoms with E-state index >= 15 is 0 Å². The van der Waals surface area contributed by atoms with Gasteiger partial charge in [-0.25, -0.2) is 4.79 Å². The van der Waals surface area contributed by atoms with Gasteiger partial charge in [-0.15, -0.1) is 0 Å². The predicted octanol–water partition coefficient (Wildman–Crippen LogP) is 2.23. The van der Waals surface area contributed by atoms with Crippen LogP contribution >= 0.6 is 0 Å². The minimum Gasteiger partial charge on any atom is -0.458 e. The summed E-state index contributed by atoms with van der Waals surface area (Å²) in [6.45, 7) is 5.00. The molecule has 0 aliphatic rings. The van der Waals surface area contributed by atoms with Crippen LogP contribution in [0.4, 0.5) is 0 Å². The molecule has 78 valence electrons. The molecular formula is C12H12O3. The zero-order valence-electron chi connectivity index (χ0n) is 8.53. The number of ketones is 1. The largest absolute Gasteiger partial charge is 0.458 e. The fourth-order valence-corrected chi connectivity index (χ4v) is 1.18. The third kappa shape index (κ3) is 2.77. The summed E-state index contributed by atoms with van der Waals surface area (Å²) in [6, 6.07) is 6.58. The van der Waals surface area contributed by atoms with Crippen LogP contribution < -0.4 is 0 Å². The molecule has 0 atom stereocenters. The molecule has 0 amide bonds. The molecule has 0 fully saturated rings. The lowest BCUT2D eigenvalue weighted by Gasteiger charge is -2.05. The van der Waals surface area contributed by atoms with E-state index in [9.17, 15) is 9.59 Å². The number of carbonyl (C=O) groups excluding carboxylic acids is 2. The van der Waals surface area contributed by atoms with Gasteiger partial charge < -0.3 is 4.74 Å². The van der Waals surface area contributed by atoms with Gasteiger partial charge in [0.2, 0.25) is 0 Å². The van der Waals surface area contributed by atoms with E-state index in [1.165, 1.54) is 13.0 Å². The maximum Gasteiger partial charge on any atom is 0.339 e. The Morgan fingerprint density at radius 1 is 1.33 bits per heavy atom. The molecule has 0 spiro atoms. The van der Waals surface area contributed by atoms with Crippen LogP contribution in [0.15, 0.2) is 36.9 Å². The van der Waals surface area contributed by atoms with Crippen molar-refractivity contribution in [2.45, 2.75) is 6.92 Å². The molecule has 3 heteroatoms. The normalized spacial score (nSPS) is 9.40. The van der Waals surface area contributed by atoms with Gasteiger partial charge in [0.05, 0.1) is 5.56 Å². The lowest BCUT2D eigenvalue weighted by atomic mass is 10.0. The number of rotatable bonds is 4. The third-order valence-electron chi connectivity index (χ3n) is 1.86. The molecule has 0 radical (unpaired) electrons. The number of Topliss-reactive ketones (excluding diaryl/α,β-unsaturated/α-hetero) is 1. The molecule has 15 heavy (non-hydrogen) atoms. The number of hydrogen-bond donors (Lipinski definition) is 0. The van der Waals surface area contributed by atoms with Gasteiger partial charge in [-0.05, 0) is 13.0 Å². The molecule has 0 aliphatic heterocycles. The molecule has 1 aromatic rings. The Hall–Kier alpha value is -1.90. The summed E-state index contributed by atoms with van der Waals surface area (Å²) in [5.41, 5.74) is 0.679. The molecule has 0 aromatic heterocycles. The molecule has 0 aliphatic carbocycles. The zero-order chi connectivity index (χ0) is 11.3. The second-order valence-electron chi connectivity index (χ2n) is 2.99. The summed E-state index contributed by atoms with van der Waals surface area (Å²) in [5, 5.41) is 0. The minimum absolute atomic E-state index is 0.144. The van der Waals surface area contributed by atoms with E-state index in [1.807, 2.05) is 0 Å². The number of ether oxygens (including phenoxy) is 1. The molecule has 0 N–H and O–H groups in total. The Morgan fingerprint density at radius 3 is 2.47 bits per heavy atom. The molecule has 0 bridgehead atoms. The van der Waals surface area contributed by atoms with Crippen molar-refractivity contribution in [3.63, 3.8) is 0 Å². The van der Waals surface area contributed by atoms with Gasteiger partial charge in [-0.3, -0.25) is 4.79 Å². The lowest BCUT2D eigenvalue weighted by molar-refractivity contribution is 0.0546. The number of hydrogen-bond acceptors (Lipinski definition) is 3. The highest BCUT2D eigenvalue weighted by molar-refractivity contribution is 6.05. The quantitative estimate of drug-likeness (QED) is 0.429. The summed E-state index contributed by atoms with van der Waals surface area (Å²) in [6.07, 6.45) is 1.48. The Bertz CT molecular complexity index is 394. The van der Waals surface area contributed by atoms with Crippen LogP contribution in [-0.4, -0.2) is 18.4 Å². The van der Waals surface area contributed by atoms with Crippen LogP contribution in [0.2, 0.25) is 0 Å². The summed E-state index contributed by atoms with van der Waals surface area (Å²) < 4.78 is 4.86. The molecule has 0 unspecified atom stereocenters. The maximum absolute atomic E-state index is 11.5. The highest BCUT2D eigenvalue weighted by atomic mass is 16.5. The Morgan fingerprint density at radius 2 is 1.93 bits per heavy atom. The van der Waals surface area contributed by atoms with Gasteiger partial charge >= 0.3 is 5.97 Å². The van der Waals surface area contributed by atoms with E-state index in [2.05, 4.69) is 6.58 Å². The van der Waals surface area contributed by atoms with Gasteiger partial charge in [0, 0.05) is 5.56 Å².